The summed E-state index contributed by atoms with van der Waals surface area (Å²) in [6, 6.07) is 12.9. The molecule has 0 unspecified atom stereocenters. The molecule has 1 aromatic carbocycles. The van der Waals surface area contributed by atoms with Gasteiger partial charge in [0.2, 0.25) is 0 Å². The van der Waals surface area contributed by atoms with Crippen molar-refractivity contribution >= 4 is 17.2 Å². The van der Waals surface area contributed by atoms with Crippen molar-refractivity contribution in [1.82, 2.24) is 15.3 Å². The molecule has 1 atom stereocenters. The second kappa shape index (κ2) is 8.21. The van der Waals surface area contributed by atoms with Crippen LogP contribution in [0.3, 0.4) is 0 Å². The zero-order valence-electron chi connectivity index (χ0n) is 14.8. The van der Waals surface area contributed by atoms with Gasteiger partial charge in [0, 0.05) is 29.0 Å². The van der Waals surface area contributed by atoms with E-state index in [1.54, 1.807) is 36.5 Å². The molecular weight excluding hydrogens is 346 g/mol. The van der Waals surface area contributed by atoms with Crippen LogP contribution in [0.15, 0.2) is 48.0 Å². The molecule has 0 spiro atoms. The Morgan fingerprint density at radius 3 is 2.65 bits per heavy atom. The predicted molar refractivity (Wildman–Crippen MR) is 103 cm³/mol. The Bertz CT molecular complexity index is 888. The van der Waals surface area contributed by atoms with E-state index in [9.17, 15) is 9.90 Å². The van der Waals surface area contributed by atoms with E-state index in [4.69, 9.17) is 0 Å². The molecule has 0 saturated heterocycles. The van der Waals surface area contributed by atoms with Gasteiger partial charge in [0.1, 0.15) is 0 Å². The van der Waals surface area contributed by atoms with Crippen molar-refractivity contribution in [2.45, 2.75) is 26.4 Å². The first-order chi connectivity index (χ1) is 12.5. The molecule has 2 N–H and O–H groups in total. The monoisotopic (exact) mass is 367 g/mol. The van der Waals surface area contributed by atoms with Crippen LogP contribution in [-0.2, 0) is 6.42 Å². The van der Waals surface area contributed by atoms with Gasteiger partial charge in [0.05, 0.1) is 28.7 Å². The maximum atomic E-state index is 12.3. The van der Waals surface area contributed by atoms with Crippen LogP contribution in [0.25, 0.3) is 11.3 Å². The van der Waals surface area contributed by atoms with Crippen molar-refractivity contribution in [3.8, 4) is 11.3 Å². The summed E-state index contributed by atoms with van der Waals surface area (Å²) in [6.07, 6.45) is 0.179. The number of nitrogens with one attached hydrogen (secondary N) is 1. The summed E-state index contributed by atoms with van der Waals surface area (Å²) in [5.41, 5.74) is 5.77. The van der Waals surface area contributed by atoms with Crippen LogP contribution < -0.4 is 5.32 Å². The highest BCUT2D eigenvalue weighted by atomic mass is 32.1. The van der Waals surface area contributed by atoms with E-state index in [1.165, 1.54) is 4.88 Å². The van der Waals surface area contributed by atoms with E-state index < -0.39 is 6.10 Å². The van der Waals surface area contributed by atoms with Crippen molar-refractivity contribution in [2.75, 3.05) is 6.54 Å². The number of aromatic nitrogens is 2. The molecule has 0 aliphatic rings. The molecule has 2 aromatic heterocycles. The van der Waals surface area contributed by atoms with Gasteiger partial charge in [0.15, 0.2) is 0 Å². The Morgan fingerprint density at radius 2 is 2.00 bits per heavy atom. The molecule has 0 saturated carbocycles. The maximum absolute atomic E-state index is 12.3. The fraction of sp³-hybridized carbons (Fsp3) is 0.250. The third kappa shape index (κ3) is 4.33. The molecule has 3 aromatic rings. The molecule has 5 nitrogen and oxygen atoms in total. The quantitative estimate of drug-likeness (QED) is 0.699. The van der Waals surface area contributed by atoms with Crippen LogP contribution in [0.1, 0.15) is 39.7 Å². The SMILES string of the molecule is Cc1ncsc1CCNC(=O)c1ccc(-c2cccc([C@H](C)O)n2)cc1. The Kier molecular flexibility index (Phi) is 5.75. The Hall–Kier alpha value is -2.57. The van der Waals surface area contributed by atoms with Gasteiger partial charge in [-0.1, -0.05) is 18.2 Å². The van der Waals surface area contributed by atoms with Crippen molar-refractivity contribution in [3.63, 3.8) is 0 Å². The first-order valence-corrected chi connectivity index (χ1v) is 9.35. The number of thiazole rings is 1. The fourth-order valence-electron chi connectivity index (χ4n) is 2.60. The molecule has 6 heteroatoms. The van der Waals surface area contributed by atoms with Crippen molar-refractivity contribution in [2.24, 2.45) is 0 Å². The number of amides is 1. The lowest BCUT2D eigenvalue weighted by molar-refractivity contribution is 0.0954. The molecule has 26 heavy (non-hydrogen) atoms. The number of rotatable bonds is 6. The Morgan fingerprint density at radius 1 is 1.23 bits per heavy atom. The lowest BCUT2D eigenvalue weighted by Gasteiger charge is -2.08. The van der Waals surface area contributed by atoms with Gasteiger partial charge >= 0.3 is 0 Å². The highest BCUT2D eigenvalue weighted by molar-refractivity contribution is 7.09. The second-order valence-corrected chi connectivity index (χ2v) is 7.01. The molecule has 0 aliphatic heterocycles. The summed E-state index contributed by atoms with van der Waals surface area (Å²) in [6.45, 7) is 4.25. The first-order valence-electron chi connectivity index (χ1n) is 8.47. The summed E-state index contributed by atoms with van der Waals surface area (Å²) in [5, 5.41) is 12.6. The molecule has 3 rings (SSSR count). The molecule has 0 fully saturated rings. The van der Waals surface area contributed by atoms with E-state index in [1.807, 2.05) is 36.7 Å². The summed E-state index contributed by atoms with van der Waals surface area (Å²) >= 11 is 1.61. The topological polar surface area (TPSA) is 75.1 Å². The highest BCUT2D eigenvalue weighted by Crippen LogP contribution is 2.20. The lowest BCUT2D eigenvalue weighted by Crippen LogP contribution is -2.25. The zero-order valence-corrected chi connectivity index (χ0v) is 15.6. The number of hydrogen-bond acceptors (Lipinski definition) is 5. The molecular formula is C20H21N3O2S. The minimum absolute atomic E-state index is 0.0931. The fourth-order valence-corrected chi connectivity index (χ4v) is 3.38. The summed E-state index contributed by atoms with van der Waals surface area (Å²) < 4.78 is 0. The number of benzene rings is 1. The number of aliphatic hydroxyl groups is 1. The first kappa shape index (κ1) is 18.2. The number of hydrogen-bond donors (Lipinski definition) is 2. The molecule has 1 amide bonds. The number of carbonyl (C=O) groups excluding carboxylic acids is 1. The molecule has 2 heterocycles. The van der Waals surface area contributed by atoms with Crippen molar-refractivity contribution in [3.05, 3.63) is 69.8 Å². The average Bonchev–Trinajstić information content (AvgIpc) is 3.07. The van der Waals surface area contributed by atoms with Gasteiger partial charge in [-0.05, 0) is 38.1 Å². The van der Waals surface area contributed by atoms with E-state index in [2.05, 4.69) is 15.3 Å². The smallest absolute Gasteiger partial charge is 0.251 e. The minimum Gasteiger partial charge on any atom is -0.387 e. The van der Waals surface area contributed by atoms with E-state index in [0.717, 1.165) is 23.4 Å². The second-order valence-electron chi connectivity index (χ2n) is 6.07. The number of aliphatic hydroxyl groups excluding tert-OH is 1. The maximum Gasteiger partial charge on any atom is 0.251 e. The lowest BCUT2D eigenvalue weighted by atomic mass is 10.1. The molecule has 0 radical (unpaired) electrons. The number of nitrogens with zero attached hydrogens (tertiary/aromatic N) is 2. The van der Waals surface area contributed by atoms with E-state index >= 15 is 0 Å². The summed E-state index contributed by atoms with van der Waals surface area (Å²) in [5.74, 6) is -0.0931. The molecule has 134 valence electrons. The average molecular weight is 367 g/mol. The number of pyridine rings is 1. The van der Waals surface area contributed by atoms with Crippen LogP contribution in [0.4, 0.5) is 0 Å². The van der Waals surface area contributed by atoms with Gasteiger partial charge in [-0.25, -0.2) is 4.98 Å². The largest absolute Gasteiger partial charge is 0.387 e. The van der Waals surface area contributed by atoms with Crippen molar-refractivity contribution in [1.29, 1.82) is 0 Å². The Labute approximate surface area is 156 Å². The van der Waals surface area contributed by atoms with Crippen LogP contribution in [0.2, 0.25) is 0 Å². The minimum atomic E-state index is -0.609. The van der Waals surface area contributed by atoms with Crippen molar-refractivity contribution < 1.29 is 9.90 Å². The normalized spacial score (nSPS) is 12.0. The predicted octanol–water partition coefficient (Wildman–Crippen LogP) is 3.54. The van der Waals surface area contributed by atoms with E-state index in [-0.39, 0.29) is 5.91 Å². The van der Waals surface area contributed by atoms with Gasteiger partial charge in [-0.15, -0.1) is 11.3 Å². The standard InChI is InChI=1S/C20H21N3O2S/c1-13-19(26-12-22-13)10-11-21-20(25)16-8-6-15(7-9-16)18-5-3-4-17(23-18)14(2)24/h3-9,12,14,24H,10-11H2,1-2H3,(H,21,25)/t14-/m0/s1. The van der Waals surface area contributed by atoms with Gasteiger partial charge < -0.3 is 10.4 Å². The zero-order chi connectivity index (χ0) is 18.5. The molecule has 0 aliphatic carbocycles. The summed E-state index contributed by atoms with van der Waals surface area (Å²) in [4.78, 5) is 22.1. The molecule has 0 bridgehead atoms. The Balaban J connectivity index is 1.62. The number of carbonyl (C=O) groups is 1. The van der Waals surface area contributed by atoms with Crippen LogP contribution in [0, 0.1) is 6.92 Å². The number of aryl methyl sites for hydroxylation is 1. The van der Waals surface area contributed by atoms with Gasteiger partial charge in [-0.2, -0.15) is 0 Å². The van der Waals surface area contributed by atoms with Crippen LogP contribution >= 0.6 is 11.3 Å². The third-order valence-electron chi connectivity index (χ3n) is 4.12. The highest BCUT2D eigenvalue weighted by Gasteiger charge is 2.09. The van der Waals surface area contributed by atoms with Gasteiger partial charge in [0.25, 0.3) is 5.91 Å². The van der Waals surface area contributed by atoms with Crippen LogP contribution in [-0.4, -0.2) is 27.5 Å². The van der Waals surface area contributed by atoms with E-state index in [0.29, 0.717) is 17.8 Å². The summed E-state index contributed by atoms with van der Waals surface area (Å²) in [7, 11) is 0. The third-order valence-corrected chi connectivity index (χ3v) is 5.12. The van der Waals surface area contributed by atoms with Gasteiger partial charge in [-0.3, -0.25) is 9.78 Å². The van der Waals surface area contributed by atoms with Crippen LogP contribution in [0.5, 0.6) is 0 Å².